The monoisotopic (exact) mass is 505 g/mol. The van der Waals surface area contributed by atoms with Gasteiger partial charge in [0, 0.05) is 11.7 Å². The van der Waals surface area contributed by atoms with E-state index in [9.17, 15) is 9.59 Å². The van der Waals surface area contributed by atoms with Crippen LogP contribution >= 0.6 is 11.8 Å². The number of amidine groups is 1. The maximum absolute atomic E-state index is 13.2. The molecule has 0 spiro atoms. The molecule has 4 rings (SSSR count). The molecule has 2 aliphatic heterocycles. The van der Waals surface area contributed by atoms with Crippen LogP contribution in [0.15, 0.2) is 82.0 Å². The Kier molecular flexibility index (Phi) is 8.15. The Morgan fingerprint density at radius 3 is 2.58 bits per heavy atom. The Morgan fingerprint density at radius 2 is 1.86 bits per heavy atom. The first kappa shape index (κ1) is 25.6. The van der Waals surface area contributed by atoms with E-state index in [1.54, 1.807) is 6.92 Å². The number of aliphatic imine (C=N–C) groups is 1. The van der Waals surface area contributed by atoms with E-state index in [0.717, 1.165) is 28.6 Å². The molecule has 188 valence electrons. The third-order valence-electron chi connectivity index (χ3n) is 6.01. The number of hydrogen-bond donors (Lipinski definition) is 1. The van der Waals surface area contributed by atoms with Gasteiger partial charge < -0.3 is 19.7 Å². The third-order valence-corrected chi connectivity index (χ3v) is 6.90. The Bertz CT molecular complexity index is 1220. The zero-order valence-electron chi connectivity index (χ0n) is 21.0. The zero-order chi connectivity index (χ0) is 25.7. The number of amides is 1. The Balaban J connectivity index is 1.71. The molecule has 2 heterocycles. The summed E-state index contributed by atoms with van der Waals surface area (Å²) >= 11 is 1.45. The van der Waals surface area contributed by atoms with E-state index in [1.807, 2.05) is 85.7 Å². The summed E-state index contributed by atoms with van der Waals surface area (Å²) in [6, 6.07) is 16.8. The number of ether oxygens (including phenoxy) is 2. The van der Waals surface area contributed by atoms with Crippen molar-refractivity contribution in [1.82, 2.24) is 10.2 Å². The molecule has 2 aliphatic rings. The first-order valence-corrected chi connectivity index (χ1v) is 13.0. The fraction of sp³-hybridized carbons (Fsp3) is 0.321. The Morgan fingerprint density at radius 1 is 1.11 bits per heavy atom. The molecule has 36 heavy (non-hydrogen) atoms. The number of nitrogens with one attached hydrogen (secondary N) is 1. The van der Waals surface area contributed by atoms with Gasteiger partial charge in [0.25, 0.3) is 0 Å². The van der Waals surface area contributed by atoms with E-state index < -0.39 is 12.0 Å². The van der Waals surface area contributed by atoms with Crippen LogP contribution < -0.4 is 10.1 Å². The molecular weight excluding hydrogens is 474 g/mol. The van der Waals surface area contributed by atoms with Gasteiger partial charge in [-0.15, -0.1) is 0 Å². The van der Waals surface area contributed by atoms with Gasteiger partial charge in [-0.3, -0.25) is 4.79 Å². The Hall–Kier alpha value is -3.52. The first-order valence-electron chi connectivity index (χ1n) is 12.1. The molecule has 1 amide bonds. The van der Waals surface area contributed by atoms with Crippen molar-refractivity contribution in [3.05, 3.63) is 82.5 Å². The van der Waals surface area contributed by atoms with Gasteiger partial charge >= 0.3 is 5.97 Å². The van der Waals surface area contributed by atoms with Crippen LogP contribution in [0.5, 0.6) is 11.5 Å². The summed E-state index contributed by atoms with van der Waals surface area (Å²) in [5.74, 6) is 0.881. The number of para-hydroxylation sites is 1. The van der Waals surface area contributed by atoms with Crippen LogP contribution in [0.25, 0.3) is 0 Å². The number of carbonyl (C=O) groups is 2. The average molecular weight is 506 g/mol. The van der Waals surface area contributed by atoms with Crippen LogP contribution in [0.2, 0.25) is 0 Å². The standard InChI is InChI=1S/C28H31N3O4S/c1-5-18(3)29-24(32)16-21-17-36-28-30-19(4)25(27(33)34-6-2)26(31(21)28)20-11-10-14-23(15-20)35-22-12-8-7-9-13-22/h7-15,17-18,26H,5-6,16H2,1-4H3,(H,29,32). The van der Waals surface area contributed by atoms with Gasteiger partial charge in [-0.2, -0.15) is 0 Å². The van der Waals surface area contributed by atoms with Crippen LogP contribution in [0.3, 0.4) is 0 Å². The van der Waals surface area contributed by atoms with Gasteiger partial charge in [0.2, 0.25) is 5.91 Å². The second-order valence-corrected chi connectivity index (χ2v) is 9.49. The van der Waals surface area contributed by atoms with Crippen LogP contribution in [0.4, 0.5) is 0 Å². The molecule has 0 saturated heterocycles. The number of allylic oxidation sites excluding steroid dienone is 1. The summed E-state index contributed by atoms with van der Waals surface area (Å²) in [6.07, 6.45) is 1.03. The number of hydrogen-bond acceptors (Lipinski definition) is 7. The number of fused-ring (bicyclic) bond motifs is 1. The highest BCUT2D eigenvalue weighted by Gasteiger charge is 2.41. The maximum atomic E-state index is 13.2. The van der Waals surface area contributed by atoms with Gasteiger partial charge in [-0.05, 0) is 62.4 Å². The van der Waals surface area contributed by atoms with Gasteiger partial charge in [0.05, 0.1) is 30.3 Å². The molecule has 0 bridgehead atoms. The fourth-order valence-electron chi connectivity index (χ4n) is 4.12. The highest BCUT2D eigenvalue weighted by molar-refractivity contribution is 8.16. The van der Waals surface area contributed by atoms with Crippen molar-refractivity contribution >= 4 is 28.8 Å². The molecule has 1 N–H and O–H groups in total. The lowest BCUT2D eigenvalue weighted by Gasteiger charge is -2.36. The van der Waals surface area contributed by atoms with Crippen molar-refractivity contribution in [3.8, 4) is 11.5 Å². The maximum Gasteiger partial charge on any atom is 0.338 e. The SMILES string of the molecule is CCOC(=O)C1=C(C)N=C2SC=C(CC(=O)NC(C)CC)N2C1c1cccc(Oc2ccccc2)c1. The number of esters is 1. The predicted octanol–water partition coefficient (Wildman–Crippen LogP) is 5.92. The van der Waals surface area contributed by atoms with E-state index >= 15 is 0 Å². The van der Waals surface area contributed by atoms with E-state index in [4.69, 9.17) is 14.5 Å². The number of carbonyl (C=O) groups excluding carboxylic acids is 2. The van der Waals surface area contributed by atoms with Crippen molar-refractivity contribution < 1.29 is 19.1 Å². The summed E-state index contributed by atoms with van der Waals surface area (Å²) in [5, 5.41) is 5.69. The van der Waals surface area contributed by atoms with Crippen molar-refractivity contribution in [2.45, 2.75) is 52.6 Å². The van der Waals surface area contributed by atoms with Crippen LogP contribution in [-0.4, -0.2) is 34.6 Å². The summed E-state index contributed by atoms with van der Waals surface area (Å²) in [6.45, 7) is 7.87. The molecule has 8 heteroatoms. The number of thioether (sulfide) groups is 1. The minimum absolute atomic E-state index is 0.0682. The molecule has 0 aromatic heterocycles. The van der Waals surface area contributed by atoms with Crippen molar-refractivity contribution in [2.24, 2.45) is 4.99 Å². The molecule has 2 aromatic carbocycles. The molecule has 2 unspecified atom stereocenters. The van der Waals surface area contributed by atoms with Crippen molar-refractivity contribution in [3.63, 3.8) is 0 Å². The third kappa shape index (κ3) is 5.65. The highest BCUT2D eigenvalue weighted by Crippen LogP contribution is 2.45. The molecular formula is C28H31N3O4S. The molecule has 2 aromatic rings. The van der Waals surface area contributed by atoms with Crippen molar-refractivity contribution in [1.29, 1.82) is 0 Å². The van der Waals surface area contributed by atoms with Gasteiger partial charge in [0.15, 0.2) is 5.17 Å². The highest BCUT2D eigenvalue weighted by atomic mass is 32.2. The normalized spacial score (nSPS) is 17.7. The molecule has 0 aliphatic carbocycles. The van der Waals surface area contributed by atoms with Crippen molar-refractivity contribution in [2.75, 3.05) is 6.61 Å². The zero-order valence-corrected chi connectivity index (χ0v) is 21.8. The van der Waals surface area contributed by atoms with Crippen LogP contribution in [0, 0.1) is 0 Å². The van der Waals surface area contributed by atoms with Gasteiger partial charge in [-0.25, -0.2) is 9.79 Å². The molecule has 7 nitrogen and oxygen atoms in total. The summed E-state index contributed by atoms with van der Waals surface area (Å²) < 4.78 is 11.5. The van der Waals surface area contributed by atoms with E-state index in [1.165, 1.54) is 11.8 Å². The summed E-state index contributed by atoms with van der Waals surface area (Å²) in [5.41, 5.74) is 2.68. The van der Waals surface area contributed by atoms with Crippen LogP contribution in [0.1, 0.15) is 52.1 Å². The largest absolute Gasteiger partial charge is 0.463 e. The molecule has 0 fully saturated rings. The molecule has 2 atom stereocenters. The smallest absolute Gasteiger partial charge is 0.338 e. The van der Waals surface area contributed by atoms with E-state index in [0.29, 0.717) is 17.0 Å². The lowest BCUT2D eigenvalue weighted by molar-refractivity contribution is -0.139. The topological polar surface area (TPSA) is 80.2 Å². The minimum Gasteiger partial charge on any atom is -0.463 e. The number of nitrogens with zero attached hydrogens (tertiary/aromatic N) is 2. The van der Waals surface area contributed by atoms with Gasteiger partial charge in [-0.1, -0.05) is 49.0 Å². The van der Waals surface area contributed by atoms with E-state index in [2.05, 4.69) is 5.32 Å². The first-order chi connectivity index (χ1) is 17.4. The number of benzene rings is 2. The average Bonchev–Trinajstić information content (AvgIpc) is 3.25. The lowest BCUT2D eigenvalue weighted by atomic mass is 9.93. The predicted molar refractivity (Wildman–Crippen MR) is 142 cm³/mol. The minimum atomic E-state index is -0.506. The summed E-state index contributed by atoms with van der Waals surface area (Å²) in [4.78, 5) is 32.6. The lowest BCUT2D eigenvalue weighted by Crippen LogP contribution is -2.39. The second kappa shape index (κ2) is 11.5. The fourth-order valence-corrected chi connectivity index (χ4v) is 5.08. The summed E-state index contributed by atoms with van der Waals surface area (Å²) in [7, 11) is 0. The second-order valence-electron chi connectivity index (χ2n) is 8.65. The van der Waals surface area contributed by atoms with Crippen LogP contribution in [-0.2, 0) is 14.3 Å². The molecule has 0 saturated carbocycles. The number of rotatable bonds is 9. The van der Waals surface area contributed by atoms with Gasteiger partial charge in [0.1, 0.15) is 11.5 Å². The molecule has 0 radical (unpaired) electrons. The quantitative estimate of drug-likeness (QED) is 0.426. The van der Waals surface area contributed by atoms with E-state index in [-0.39, 0.29) is 25.0 Å². The Labute approximate surface area is 216 Å².